The van der Waals surface area contributed by atoms with Gasteiger partial charge in [0.2, 0.25) is 0 Å². The highest BCUT2D eigenvalue weighted by molar-refractivity contribution is 5.86. The van der Waals surface area contributed by atoms with Crippen molar-refractivity contribution in [2.45, 2.75) is 32.6 Å². The van der Waals surface area contributed by atoms with Gasteiger partial charge in [0.05, 0.1) is 0 Å². The molecule has 0 aromatic heterocycles. The third-order valence-corrected chi connectivity index (χ3v) is 2.40. The topological polar surface area (TPSA) is 43.4 Å². The number of Topliss-reactive ketones (excluding diaryl/α,β-unsaturated/α-hetero) is 2. The van der Waals surface area contributed by atoms with E-state index in [4.69, 9.17) is 4.74 Å². The largest absolute Gasteiger partial charge is 0.381 e. The van der Waals surface area contributed by atoms with E-state index in [0.717, 1.165) is 12.8 Å². The summed E-state index contributed by atoms with van der Waals surface area (Å²) in [6, 6.07) is 0. The summed E-state index contributed by atoms with van der Waals surface area (Å²) >= 11 is 0. The molecule has 0 atom stereocenters. The number of hydrogen-bond acceptors (Lipinski definition) is 3. The van der Waals surface area contributed by atoms with Gasteiger partial charge in [-0.1, -0.05) is 0 Å². The predicted molar refractivity (Wildman–Crippen MR) is 48.5 cm³/mol. The number of ether oxygens (including phenoxy) is 1. The van der Waals surface area contributed by atoms with Crippen molar-refractivity contribution in [1.82, 2.24) is 0 Å². The Kier molecular flexibility index (Phi) is 4.09. The fourth-order valence-corrected chi connectivity index (χ4v) is 1.52. The quantitative estimate of drug-likeness (QED) is 0.662. The van der Waals surface area contributed by atoms with Gasteiger partial charge < -0.3 is 9.53 Å². The molecule has 0 radical (unpaired) electrons. The van der Waals surface area contributed by atoms with Crippen LogP contribution < -0.4 is 0 Å². The minimum atomic E-state index is 0.0976. The molecule has 1 aliphatic rings. The van der Waals surface area contributed by atoms with Crippen molar-refractivity contribution in [2.75, 3.05) is 13.2 Å². The van der Waals surface area contributed by atoms with E-state index in [-0.39, 0.29) is 17.5 Å². The van der Waals surface area contributed by atoms with Crippen molar-refractivity contribution in [3.05, 3.63) is 0 Å². The zero-order valence-corrected chi connectivity index (χ0v) is 8.04. The van der Waals surface area contributed by atoms with Crippen LogP contribution in [0.3, 0.4) is 0 Å². The minimum Gasteiger partial charge on any atom is -0.381 e. The van der Waals surface area contributed by atoms with E-state index < -0.39 is 0 Å². The van der Waals surface area contributed by atoms with Crippen molar-refractivity contribution in [1.29, 1.82) is 0 Å². The third-order valence-electron chi connectivity index (χ3n) is 2.40. The molecule has 0 aromatic carbocycles. The highest BCUT2D eigenvalue weighted by Gasteiger charge is 2.20. The maximum atomic E-state index is 11.5. The number of hydrogen-bond donors (Lipinski definition) is 0. The van der Waals surface area contributed by atoms with E-state index in [1.807, 2.05) is 0 Å². The van der Waals surface area contributed by atoms with Gasteiger partial charge in [-0.15, -0.1) is 0 Å². The first-order valence-electron chi connectivity index (χ1n) is 4.80. The van der Waals surface area contributed by atoms with Crippen LogP contribution in [-0.2, 0) is 14.3 Å². The van der Waals surface area contributed by atoms with Gasteiger partial charge in [-0.05, 0) is 19.8 Å². The molecule has 1 saturated heterocycles. The van der Waals surface area contributed by atoms with Crippen LogP contribution >= 0.6 is 0 Å². The van der Waals surface area contributed by atoms with Gasteiger partial charge in [0.1, 0.15) is 11.6 Å². The van der Waals surface area contributed by atoms with Crippen molar-refractivity contribution >= 4 is 11.6 Å². The Morgan fingerprint density at radius 2 is 1.85 bits per heavy atom. The Balaban J connectivity index is 2.25. The van der Waals surface area contributed by atoms with E-state index in [1.165, 1.54) is 6.92 Å². The molecule has 13 heavy (non-hydrogen) atoms. The van der Waals surface area contributed by atoms with Crippen LogP contribution in [0.1, 0.15) is 32.6 Å². The van der Waals surface area contributed by atoms with Crippen molar-refractivity contribution < 1.29 is 14.3 Å². The Morgan fingerprint density at radius 3 is 2.38 bits per heavy atom. The van der Waals surface area contributed by atoms with Crippen molar-refractivity contribution in [3.8, 4) is 0 Å². The molecule has 0 aliphatic carbocycles. The average Bonchev–Trinajstić information content (AvgIpc) is 2.15. The van der Waals surface area contributed by atoms with Crippen LogP contribution in [0.4, 0.5) is 0 Å². The summed E-state index contributed by atoms with van der Waals surface area (Å²) in [5.41, 5.74) is 0. The first-order chi connectivity index (χ1) is 6.20. The zero-order chi connectivity index (χ0) is 9.68. The van der Waals surface area contributed by atoms with Crippen molar-refractivity contribution in [3.63, 3.8) is 0 Å². The summed E-state index contributed by atoms with van der Waals surface area (Å²) in [6.45, 7) is 2.91. The van der Waals surface area contributed by atoms with E-state index >= 15 is 0 Å². The molecule has 3 heteroatoms. The SMILES string of the molecule is CC(=O)CCC(=O)C1CCOCC1. The Bertz CT molecular complexity index is 192. The van der Waals surface area contributed by atoms with Crippen LogP contribution in [0.25, 0.3) is 0 Å². The van der Waals surface area contributed by atoms with Gasteiger partial charge in [-0.3, -0.25) is 4.79 Å². The van der Waals surface area contributed by atoms with Crippen LogP contribution in [0.15, 0.2) is 0 Å². The molecule has 0 spiro atoms. The first-order valence-corrected chi connectivity index (χ1v) is 4.80. The van der Waals surface area contributed by atoms with Gasteiger partial charge in [-0.25, -0.2) is 0 Å². The smallest absolute Gasteiger partial charge is 0.136 e. The number of ketones is 2. The van der Waals surface area contributed by atoms with Crippen LogP contribution in [-0.4, -0.2) is 24.8 Å². The molecule has 1 aliphatic heterocycles. The van der Waals surface area contributed by atoms with E-state index in [1.54, 1.807) is 0 Å². The maximum Gasteiger partial charge on any atom is 0.136 e. The lowest BCUT2D eigenvalue weighted by atomic mass is 9.92. The highest BCUT2D eigenvalue weighted by atomic mass is 16.5. The average molecular weight is 184 g/mol. The molecule has 0 amide bonds. The van der Waals surface area contributed by atoms with E-state index in [0.29, 0.717) is 26.1 Å². The number of carbonyl (C=O) groups is 2. The number of rotatable bonds is 4. The summed E-state index contributed by atoms with van der Waals surface area (Å²) in [4.78, 5) is 22.1. The van der Waals surface area contributed by atoms with E-state index in [9.17, 15) is 9.59 Å². The fourth-order valence-electron chi connectivity index (χ4n) is 1.52. The molecule has 1 rings (SSSR count). The van der Waals surface area contributed by atoms with Gasteiger partial charge in [0, 0.05) is 32.0 Å². The summed E-state index contributed by atoms with van der Waals surface area (Å²) in [5, 5.41) is 0. The zero-order valence-electron chi connectivity index (χ0n) is 8.04. The summed E-state index contributed by atoms with van der Waals surface area (Å²) in [5.74, 6) is 0.479. The van der Waals surface area contributed by atoms with Crippen LogP contribution in [0.2, 0.25) is 0 Å². The molecule has 0 aromatic rings. The Labute approximate surface area is 78.5 Å². The Morgan fingerprint density at radius 1 is 1.23 bits per heavy atom. The van der Waals surface area contributed by atoms with Crippen LogP contribution in [0.5, 0.6) is 0 Å². The van der Waals surface area contributed by atoms with Gasteiger partial charge in [0.25, 0.3) is 0 Å². The lowest BCUT2D eigenvalue weighted by molar-refractivity contribution is -0.128. The lowest BCUT2D eigenvalue weighted by Crippen LogP contribution is -2.23. The van der Waals surface area contributed by atoms with E-state index in [2.05, 4.69) is 0 Å². The monoisotopic (exact) mass is 184 g/mol. The normalized spacial score (nSPS) is 18.5. The predicted octanol–water partition coefficient (Wildman–Crippen LogP) is 1.35. The summed E-state index contributed by atoms with van der Waals surface area (Å²) < 4.78 is 5.16. The molecule has 74 valence electrons. The molecule has 1 fully saturated rings. The molecule has 0 unspecified atom stereocenters. The highest BCUT2D eigenvalue weighted by Crippen LogP contribution is 2.17. The first kappa shape index (κ1) is 10.4. The fraction of sp³-hybridized carbons (Fsp3) is 0.800. The number of carbonyl (C=O) groups excluding carboxylic acids is 2. The van der Waals surface area contributed by atoms with Gasteiger partial charge in [-0.2, -0.15) is 0 Å². The second-order valence-corrected chi connectivity index (χ2v) is 3.55. The second-order valence-electron chi connectivity index (χ2n) is 3.55. The molecular weight excluding hydrogens is 168 g/mol. The maximum absolute atomic E-state index is 11.5. The molecule has 3 nitrogen and oxygen atoms in total. The second kappa shape index (κ2) is 5.12. The Hall–Kier alpha value is -0.700. The lowest BCUT2D eigenvalue weighted by Gasteiger charge is -2.20. The van der Waals surface area contributed by atoms with Gasteiger partial charge >= 0.3 is 0 Å². The van der Waals surface area contributed by atoms with Crippen molar-refractivity contribution in [2.24, 2.45) is 5.92 Å². The summed E-state index contributed by atoms with van der Waals surface area (Å²) in [7, 11) is 0. The molecule has 0 saturated carbocycles. The minimum absolute atomic E-state index is 0.0976. The molecular formula is C10H16O3. The molecule has 0 N–H and O–H groups in total. The van der Waals surface area contributed by atoms with Crippen LogP contribution in [0, 0.1) is 5.92 Å². The molecule has 1 heterocycles. The molecule has 0 bridgehead atoms. The third kappa shape index (κ3) is 3.68. The van der Waals surface area contributed by atoms with Gasteiger partial charge in [0.15, 0.2) is 0 Å². The standard InChI is InChI=1S/C10H16O3/c1-8(11)2-3-10(12)9-4-6-13-7-5-9/h9H,2-7H2,1H3. The summed E-state index contributed by atoms with van der Waals surface area (Å²) in [6.07, 6.45) is 2.48.